The number of likely N-dealkylation sites (N-methyl/N-ethyl adjacent to an activating group) is 1. The highest BCUT2D eigenvalue weighted by Crippen LogP contribution is 2.37. The van der Waals surface area contributed by atoms with E-state index >= 15 is 0 Å². The van der Waals surface area contributed by atoms with Crippen LogP contribution in [0.2, 0.25) is 5.02 Å². The Labute approximate surface area is 142 Å². The average molecular weight is 355 g/mol. The molecule has 1 aromatic carbocycles. The van der Waals surface area contributed by atoms with Gasteiger partial charge in [0.25, 0.3) is 5.91 Å². The van der Waals surface area contributed by atoms with Crippen LogP contribution in [-0.4, -0.2) is 48.2 Å². The molecule has 1 saturated heterocycles. The summed E-state index contributed by atoms with van der Waals surface area (Å²) in [6.07, 6.45) is 1.45. The smallest absolute Gasteiger partial charge is 0.341 e. The monoisotopic (exact) mass is 354 g/mol. The first kappa shape index (κ1) is 17.6. The predicted octanol–water partition coefficient (Wildman–Crippen LogP) is 1.72. The van der Waals surface area contributed by atoms with Gasteiger partial charge < -0.3 is 19.9 Å². The summed E-state index contributed by atoms with van der Waals surface area (Å²) in [4.78, 5) is 35.4. The van der Waals surface area contributed by atoms with Gasteiger partial charge in [0.1, 0.15) is 5.70 Å². The van der Waals surface area contributed by atoms with Crippen molar-refractivity contribution in [2.45, 2.75) is 6.92 Å². The van der Waals surface area contributed by atoms with E-state index in [2.05, 4.69) is 5.32 Å². The number of amides is 3. The second-order valence-electron chi connectivity index (χ2n) is 4.75. The van der Waals surface area contributed by atoms with Gasteiger partial charge in [-0.25, -0.2) is 9.59 Å². The number of carboxylic acids is 1. The summed E-state index contributed by atoms with van der Waals surface area (Å²) in [6, 6.07) is 2.50. The van der Waals surface area contributed by atoms with Crippen molar-refractivity contribution in [2.24, 2.45) is 0 Å². The molecule has 128 valence electrons. The van der Waals surface area contributed by atoms with Crippen LogP contribution >= 0.6 is 11.6 Å². The Morgan fingerprint density at radius 3 is 2.67 bits per heavy atom. The maximum absolute atomic E-state index is 12.1. The quantitative estimate of drug-likeness (QED) is 0.595. The van der Waals surface area contributed by atoms with E-state index in [9.17, 15) is 14.4 Å². The maximum Gasteiger partial charge on any atom is 0.341 e. The highest BCUT2D eigenvalue weighted by atomic mass is 35.5. The van der Waals surface area contributed by atoms with Gasteiger partial charge >= 0.3 is 12.0 Å². The Morgan fingerprint density at radius 1 is 1.42 bits per heavy atom. The fourth-order valence-electron chi connectivity index (χ4n) is 2.12. The number of nitrogens with zero attached hydrogens (tertiary/aromatic N) is 1. The molecule has 3 amide bonds. The van der Waals surface area contributed by atoms with E-state index in [1.54, 1.807) is 6.92 Å². The molecule has 1 heterocycles. The molecule has 9 heteroatoms. The number of hydrogen-bond acceptors (Lipinski definition) is 5. The first-order valence-corrected chi connectivity index (χ1v) is 7.31. The fourth-order valence-corrected chi connectivity index (χ4v) is 2.40. The SMILES string of the molecule is CCN1C(=O)N/C(=C/c2cc(Cl)c(OCC(=O)O)c(OC)c2)C1=O. The standard InChI is InChI=1S/C15H15ClN2O6/c1-3-18-14(21)10(17-15(18)22)5-8-4-9(16)13(11(6-8)23-2)24-7-12(19)20/h4-6H,3,7H2,1-2H3,(H,17,22)(H,19,20)/b10-5+. The van der Waals surface area contributed by atoms with Crippen molar-refractivity contribution < 1.29 is 29.0 Å². The van der Waals surface area contributed by atoms with Gasteiger partial charge in [0, 0.05) is 6.54 Å². The fraction of sp³-hybridized carbons (Fsp3) is 0.267. The molecule has 0 aliphatic carbocycles. The molecule has 1 aromatic rings. The molecule has 0 spiro atoms. The molecule has 2 rings (SSSR count). The molecule has 0 saturated carbocycles. The lowest BCUT2D eigenvalue weighted by atomic mass is 10.1. The molecule has 1 aliphatic heterocycles. The molecule has 1 fully saturated rings. The van der Waals surface area contributed by atoms with E-state index < -0.39 is 24.5 Å². The Bertz CT molecular complexity index is 731. The minimum Gasteiger partial charge on any atom is -0.493 e. The summed E-state index contributed by atoms with van der Waals surface area (Å²) in [7, 11) is 1.37. The Hall–Kier alpha value is -2.74. The number of ether oxygens (including phenoxy) is 2. The minimum absolute atomic E-state index is 0.0840. The Balaban J connectivity index is 2.34. The van der Waals surface area contributed by atoms with Crippen LogP contribution in [0.5, 0.6) is 11.5 Å². The Morgan fingerprint density at radius 2 is 2.12 bits per heavy atom. The maximum atomic E-state index is 12.1. The lowest BCUT2D eigenvalue weighted by Crippen LogP contribution is -2.30. The molecule has 0 radical (unpaired) electrons. The molecule has 24 heavy (non-hydrogen) atoms. The molecule has 1 aliphatic rings. The van der Waals surface area contributed by atoms with Crippen LogP contribution < -0.4 is 14.8 Å². The second-order valence-corrected chi connectivity index (χ2v) is 5.16. The van der Waals surface area contributed by atoms with E-state index in [4.69, 9.17) is 26.2 Å². The number of nitrogens with one attached hydrogen (secondary N) is 1. The first-order valence-electron chi connectivity index (χ1n) is 6.94. The topological polar surface area (TPSA) is 105 Å². The van der Waals surface area contributed by atoms with Gasteiger partial charge in [-0.15, -0.1) is 0 Å². The number of methoxy groups -OCH3 is 1. The van der Waals surface area contributed by atoms with E-state index in [1.807, 2.05) is 0 Å². The van der Waals surface area contributed by atoms with Gasteiger partial charge in [-0.2, -0.15) is 0 Å². The molecular formula is C15H15ClN2O6. The highest BCUT2D eigenvalue weighted by Gasteiger charge is 2.32. The van der Waals surface area contributed by atoms with Crippen molar-refractivity contribution in [1.82, 2.24) is 10.2 Å². The zero-order valence-corrected chi connectivity index (χ0v) is 13.7. The largest absolute Gasteiger partial charge is 0.493 e. The highest BCUT2D eigenvalue weighted by molar-refractivity contribution is 6.32. The molecule has 0 unspecified atom stereocenters. The van der Waals surface area contributed by atoms with E-state index in [1.165, 1.54) is 25.3 Å². The van der Waals surface area contributed by atoms with Crippen molar-refractivity contribution in [1.29, 1.82) is 0 Å². The number of hydrogen-bond donors (Lipinski definition) is 2. The number of carboxylic acid groups (broad SMARTS) is 1. The third-order valence-corrected chi connectivity index (χ3v) is 3.46. The van der Waals surface area contributed by atoms with Gasteiger partial charge in [-0.1, -0.05) is 11.6 Å². The van der Waals surface area contributed by atoms with Crippen LogP contribution in [0.1, 0.15) is 12.5 Å². The third-order valence-electron chi connectivity index (χ3n) is 3.18. The molecule has 2 N–H and O–H groups in total. The summed E-state index contributed by atoms with van der Waals surface area (Å²) in [5.41, 5.74) is 0.598. The number of halogens is 1. The van der Waals surface area contributed by atoms with Crippen molar-refractivity contribution >= 4 is 35.6 Å². The van der Waals surface area contributed by atoms with E-state index in [-0.39, 0.29) is 28.8 Å². The summed E-state index contributed by atoms with van der Waals surface area (Å²) in [5, 5.41) is 11.3. The molecular weight excluding hydrogens is 340 g/mol. The van der Waals surface area contributed by atoms with Crippen molar-refractivity contribution in [2.75, 3.05) is 20.3 Å². The molecule has 0 atom stereocenters. The number of aliphatic carboxylic acids is 1. The second kappa shape index (κ2) is 7.22. The van der Waals surface area contributed by atoms with Gasteiger partial charge in [0.15, 0.2) is 18.1 Å². The van der Waals surface area contributed by atoms with Crippen LogP contribution in [0.3, 0.4) is 0 Å². The number of rotatable bonds is 6. The first-order chi connectivity index (χ1) is 11.4. The Kier molecular flexibility index (Phi) is 5.30. The number of carbonyl (C=O) groups excluding carboxylic acids is 2. The summed E-state index contributed by atoms with van der Waals surface area (Å²) in [6.45, 7) is 1.37. The van der Waals surface area contributed by atoms with Crippen LogP contribution in [0.15, 0.2) is 17.8 Å². The van der Waals surface area contributed by atoms with Crippen molar-refractivity contribution in [3.8, 4) is 11.5 Å². The number of benzene rings is 1. The van der Waals surface area contributed by atoms with Crippen LogP contribution in [-0.2, 0) is 9.59 Å². The van der Waals surface area contributed by atoms with Crippen LogP contribution in [0.4, 0.5) is 4.79 Å². The van der Waals surface area contributed by atoms with E-state index in [0.717, 1.165) is 4.90 Å². The van der Waals surface area contributed by atoms with Crippen LogP contribution in [0.25, 0.3) is 6.08 Å². The minimum atomic E-state index is -1.15. The van der Waals surface area contributed by atoms with Gasteiger partial charge in [-0.3, -0.25) is 9.69 Å². The van der Waals surface area contributed by atoms with Gasteiger partial charge in [0.05, 0.1) is 12.1 Å². The lowest BCUT2D eigenvalue weighted by Gasteiger charge is -2.12. The normalized spacial score (nSPS) is 15.6. The average Bonchev–Trinajstić information content (AvgIpc) is 2.79. The molecule has 8 nitrogen and oxygen atoms in total. The van der Waals surface area contributed by atoms with Gasteiger partial charge in [0.2, 0.25) is 0 Å². The zero-order valence-electron chi connectivity index (χ0n) is 13.0. The molecule has 0 aromatic heterocycles. The zero-order chi connectivity index (χ0) is 17.9. The third kappa shape index (κ3) is 3.60. The van der Waals surface area contributed by atoms with Crippen molar-refractivity contribution in [3.63, 3.8) is 0 Å². The van der Waals surface area contributed by atoms with Crippen molar-refractivity contribution in [3.05, 3.63) is 28.4 Å². The van der Waals surface area contributed by atoms with Gasteiger partial charge in [-0.05, 0) is 30.7 Å². The predicted molar refractivity (Wildman–Crippen MR) is 85.0 cm³/mol. The summed E-state index contributed by atoms with van der Waals surface area (Å²) >= 11 is 6.09. The number of carbonyl (C=O) groups is 3. The molecule has 0 bridgehead atoms. The van der Waals surface area contributed by atoms with Crippen LogP contribution in [0, 0.1) is 0 Å². The number of imide groups is 1. The summed E-state index contributed by atoms with van der Waals surface area (Å²) in [5.74, 6) is -1.30. The number of urea groups is 1. The lowest BCUT2D eigenvalue weighted by molar-refractivity contribution is -0.139. The van der Waals surface area contributed by atoms with E-state index in [0.29, 0.717) is 5.56 Å². The summed E-state index contributed by atoms with van der Waals surface area (Å²) < 4.78 is 10.2.